The Morgan fingerprint density at radius 3 is 2.52 bits per heavy atom. The molecule has 2 N–H and O–H groups in total. The Labute approximate surface area is 227 Å². The van der Waals surface area contributed by atoms with E-state index in [0.29, 0.717) is 29.1 Å². The van der Waals surface area contributed by atoms with Crippen molar-refractivity contribution >= 4 is 5.91 Å². The Hall–Kier alpha value is -4.31. The molecule has 3 heterocycles. The van der Waals surface area contributed by atoms with Crippen LogP contribution in [-0.4, -0.2) is 37.4 Å². The van der Waals surface area contributed by atoms with Gasteiger partial charge in [-0.3, -0.25) is 14.6 Å². The van der Waals surface area contributed by atoms with Gasteiger partial charge in [-0.25, -0.2) is 4.98 Å². The number of halogens is 3. The summed E-state index contributed by atoms with van der Waals surface area (Å²) in [6, 6.07) is 16.1. The molecule has 10 heteroatoms. The summed E-state index contributed by atoms with van der Waals surface area (Å²) in [4.78, 5) is 39.5. The van der Waals surface area contributed by atoms with Crippen molar-refractivity contribution in [2.24, 2.45) is 0 Å². The second-order valence-electron chi connectivity index (χ2n) is 10.3. The van der Waals surface area contributed by atoms with Crippen LogP contribution >= 0.6 is 0 Å². The summed E-state index contributed by atoms with van der Waals surface area (Å²) < 4.78 is 39.5. The number of aliphatic hydroxyl groups is 1. The van der Waals surface area contributed by atoms with Crippen LogP contribution in [0.5, 0.6) is 0 Å². The minimum atomic E-state index is -4.50. The zero-order valence-electron chi connectivity index (χ0n) is 21.3. The van der Waals surface area contributed by atoms with Gasteiger partial charge in [-0.1, -0.05) is 42.5 Å². The summed E-state index contributed by atoms with van der Waals surface area (Å²) in [7, 11) is 0. The predicted octanol–water partition coefficient (Wildman–Crippen LogP) is 4.55. The van der Waals surface area contributed by atoms with Gasteiger partial charge in [0.05, 0.1) is 28.8 Å². The molecule has 0 saturated heterocycles. The van der Waals surface area contributed by atoms with Crippen LogP contribution in [0.15, 0.2) is 77.9 Å². The van der Waals surface area contributed by atoms with Crippen molar-refractivity contribution in [3.8, 4) is 11.1 Å². The van der Waals surface area contributed by atoms with Gasteiger partial charge in [-0.2, -0.15) is 13.2 Å². The maximum atomic E-state index is 13.2. The standard InChI is InChI=1S/C30H25F3N4O3/c31-30(32,33)22-8-4-5-18(14-22)19-13-20(16-34-15-19)25(38)27(40)37-12-9-24-23(17-37)26(39)36-28(35-24)29(10-11-29)21-6-2-1-3-7-21/h1-8,13-16,25,38H,9-12,17H2,(H,35,36,39). The quantitative estimate of drug-likeness (QED) is 0.383. The topological polar surface area (TPSA) is 99.2 Å². The molecule has 1 saturated carbocycles. The molecule has 40 heavy (non-hydrogen) atoms. The molecule has 0 radical (unpaired) electrons. The first-order chi connectivity index (χ1) is 19.2. The Morgan fingerprint density at radius 2 is 1.80 bits per heavy atom. The number of hydrogen-bond donors (Lipinski definition) is 2. The number of carbonyl (C=O) groups excluding carboxylic acids is 1. The van der Waals surface area contributed by atoms with E-state index in [-0.39, 0.29) is 35.2 Å². The molecule has 1 unspecified atom stereocenters. The molecule has 2 aromatic heterocycles. The van der Waals surface area contributed by atoms with Gasteiger partial charge in [0.2, 0.25) is 0 Å². The fourth-order valence-electron chi connectivity index (χ4n) is 5.34. The highest BCUT2D eigenvalue weighted by Crippen LogP contribution is 2.52. The smallest absolute Gasteiger partial charge is 0.378 e. The van der Waals surface area contributed by atoms with Gasteiger partial charge in [0.1, 0.15) is 5.82 Å². The number of carbonyl (C=O) groups is 1. The van der Waals surface area contributed by atoms with E-state index in [1.54, 1.807) is 0 Å². The van der Waals surface area contributed by atoms with E-state index in [9.17, 15) is 27.9 Å². The van der Waals surface area contributed by atoms with E-state index in [0.717, 1.165) is 30.5 Å². The van der Waals surface area contributed by atoms with Crippen LogP contribution in [-0.2, 0) is 29.4 Å². The van der Waals surface area contributed by atoms with E-state index < -0.39 is 23.8 Å². The molecule has 1 aliphatic heterocycles. The van der Waals surface area contributed by atoms with Gasteiger partial charge in [0.25, 0.3) is 11.5 Å². The van der Waals surface area contributed by atoms with Crippen molar-refractivity contribution < 1.29 is 23.1 Å². The van der Waals surface area contributed by atoms with Gasteiger partial charge in [-0.15, -0.1) is 0 Å². The van der Waals surface area contributed by atoms with E-state index >= 15 is 0 Å². The number of alkyl halides is 3. The summed E-state index contributed by atoms with van der Waals surface area (Å²) in [6.45, 7) is 0.255. The first-order valence-corrected chi connectivity index (χ1v) is 12.9. The molecule has 2 aliphatic rings. The summed E-state index contributed by atoms with van der Waals surface area (Å²) in [5.41, 5.74) is 1.47. The van der Waals surface area contributed by atoms with Gasteiger partial charge in [-0.05, 0) is 42.2 Å². The fraction of sp³-hybridized carbons (Fsp3) is 0.267. The summed E-state index contributed by atoms with van der Waals surface area (Å²) >= 11 is 0. The second-order valence-corrected chi connectivity index (χ2v) is 10.3. The lowest BCUT2D eigenvalue weighted by atomic mass is 9.94. The largest absolute Gasteiger partial charge is 0.416 e. The van der Waals surface area contributed by atoms with Crippen LogP contribution in [0.25, 0.3) is 11.1 Å². The van der Waals surface area contributed by atoms with Crippen molar-refractivity contribution in [3.63, 3.8) is 0 Å². The van der Waals surface area contributed by atoms with Gasteiger partial charge >= 0.3 is 6.18 Å². The third-order valence-corrected chi connectivity index (χ3v) is 7.74. The van der Waals surface area contributed by atoms with Crippen LogP contribution < -0.4 is 5.56 Å². The number of hydrogen-bond acceptors (Lipinski definition) is 5. The van der Waals surface area contributed by atoms with Gasteiger partial charge < -0.3 is 15.0 Å². The molecule has 6 rings (SSSR count). The summed E-state index contributed by atoms with van der Waals surface area (Å²) in [5, 5.41) is 10.9. The van der Waals surface area contributed by atoms with Crippen molar-refractivity contribution in [3.05, 3.63) is 117 Å². The van der Waals surface area contributed by atoms with E-state index in [4.69, 9.17) is 4.98 Å². The van der Waals surface area contributed by atoms with Crippen LogP contribution in [0, 0.1) is 0 Å². The molecule has 1 aliphatic carbocycles. The highest BCUT2D eigenvalue weighted by atomic mass is 19.4. The minimum Gasteiger partial charge on any atom is -0.378 e. The highest BCUT2D eigenvalue weighted by Gasteiger charge is 2.48. The molecule has 1 atom stereocenters. The number of nitrogens with zero attached hydrogens (tertiary/aromatic N) is 3. The number of rotatable bonds is 5. The molecular formula is C30H25F3N4O3. The maximum Gasteiger partial charge on any atom is 0.416 e. The number of pyridine rings is 1. The van der Waals surface area contributed by atoms with Crippen LogP contribution in [0.4, 0.5) is 13.2 Å². The van der Waals surface area contributed by atoms with Gasteiger partial charge in [0.15, 0.2) is 6.10 Å². The summed E-state index contributed by atoms with van der Waals surface area (Å²) in [5.74, 6) is 0.0137. The van der Waals surface area contributed by atoms with Crippen molar-refractivity contribution in [2.45, 2.75) is 43.5 Å². The molecule has 204 valence electrons. The van der Waals surface area contributed by atoms with E-state index in [1.165, 1.54) is 35.5 Å². The zero-order valence-corrected chi connectivity index (χ0v) is 21.3. The molecule has 7 nitrogen and oxygen atoms in total. The fourth-order valence-corrected chi connectivity index (χ4v) is 5.34. The SMILES string of the molecule is O=C(C(O)c1cncc(-c2cccc(C(F)(F)F)c2)c1)N1CCc2nc(C3(c4ccccc4)CC3)[nH]c(=O)c2C1. The van der Waals surface area contributed by atoms with Crippen LogP contribution in [0.2, 0.25) is 0 Å². The number of amides is 1. The Balaban J connectivity index is 1.22. The Morgan fingerprint density at radius 1 is 1.02 bits per heavy atom. The van der Waals surface area contributed by atoms with Crippen molar-refractivity contribution in [1.29, 1.82) is 0 Å². The first-order valence-electron chi connectivity index (χ1n) is 12.9. The Bertz CT molecular complexity index is 1650. The summed E-state index contributed by atoms with van der Waals surface area (Å²) in [6.07, 6.45) is -1.28. The minimum absolute atomic E-state index is 0.00702. The third kappa shape index (κ3) is 4.68. The Kier molecular flexibility index (Phi) is 6.29. The zero-order chi connectivity index (χ0) is 28.1. The highest BCUT2D eigenvalue weighted by molar-refractivity contribution is 5.82. The number of benzene rings is 2. The first kappa shape index (κ1) is 25.9. The molecule has 1 amide bonds. The molecular weight excluding hydrogens is 521 g/mol. The number of H-pyrrole nitrogens is 1. The number of aromatic amines is 1. The molecule has 2 aromatic carbocycles. The third-order valence-electron chi connectivity index (χ3n) is 7.74. The average molecular weight is 547 g/mol. The maximum absolute atomic E-state index is 13.2. The molecule has 0 spiro atoms. The van der Waals surface area contributed by atoms with Crippen LogP contribution in [0.3, 0.4) is 0 Å². The van der Waals surface area contributed by atoms with Crippen molar-refractivity contribution in [1.82, 2.24) is 19.9 Å². The number of aromatic nitrogens is 3. The number of aliphatic hydroxyl groups excluding tert-OH is 1. The molecule has 4 aromatic rings. The molecule has 1 fully saturated rings. The normalized spacial score (nSPS) is 16.8. The predicted molar refractivity (Wildman–Crippen MR) is 140 cm³/mol. The lowest BCUT2D eigenvalue weighted by Gasteiger charge is -2.30. The second kappa shape index (κ2) is 9.71. The van der Waals surface area contributed by atoms with E-state index in [2.05, 4.69) is 9.97 Å². The van der Waals surface area contributed by atoms with Gasteiger partial charge in [0, 0.05) is 36.5 Å². The van der Waals surface area contributed by atoms with Crippen molar-refractivity contribution in [2.75, 3.05) is 6.54 Å². The lowest BCUT2D eigenvalue weighted by Crippen LogP contribution is -2.42. The molecule has 0 bridgehead atoms. The monoisotopic (exact) mass is 546 g/mol. The number of nitrogens with one attached hydrogen (secondary N) is 1. The average Bonchev–Trinajstić information content (AvgIpc) is 3.79. The van der Waals surface area contributed by atoms with Crippen LogP contribution in [0.1, 0.15) is 52.7 Å². The van der Waals surface area contributed by atoms with E-state index in [1.807, 2.05) is 30.3 Å². The lowest BCUT2D eigenvalue weighted by molar-refractivity contribution is -0.141. The number of fused-ring (bicyclic) bond motifs is 1.